The second-order valence-corrected chi connectivity index (χ2v) is 6.43. The number of nitrogens with zero attached hydrogens (tertiary/aromatic N) is 5. The van der Waals surface area contributed by atoms with Gasteiger partial charge in [-0.05, 0) is 24.8 Å². The Labute approximate surface area is 133 Å². The van der Waals surface area contributed by atoms with Crippen molar-refractivity contribution in [2.75, 3.05) is 24.3 Å². The van der Waals surface area contributed by atoms with E-state index in [4.69, 9.17) is 0 Å². The van der Waals surface area contributed by atoms with Gasteiger partial charge in [-0.3, -0.25) is 0 Å². The van der Waals surface area contributed by atoms with Gasteiger partial charge in [0, 0.05) is 21.1 Å². The number of rotatable bonds is 4. The van der Waals surface area contributed by atoms with E-state index in [9.17, 15) is 0 Å². The Morgan fingerprint density at radius 2 is 2.05 bits per heavy atom. The summed E-state index contributed by atoms with van der Waals surface area (Å²) in [6, 6.07) is 0. The van der Waals surface area contributed by atoms with Crippen LogP contribution >= 0.6 is 11.3 Å². The zero-order valence-electron chi connectivity index (χ0n) is 13.5. The maximum absolute atomic E-state index is 4.57. The maximum Gasteiger partial charge on any atom is 0.204 e. The molecule has 0 aliphatic rings. The van der Waals surface area contributed by atoms with E-state index in [1.54, 1.807) is 11.3 Å². The number of anilines is 2. The molecule has 0 fully saturated rings. The summed E-state index contributed by atoms with van der Waals surface area (Å²) in [7, 11) is 6.01. The second kappa shape index (κ2) is 5.57. The lowest BCUT2D eigenvalue weighted by molar-refractivity contribution is 0.812. The van der Waals surface area contributed by atoms with Crippen LogP contribution in [-0.4, -0.2) is 33.6 Å². The smallest absolute Gasteiger partial charge is 0.204 e. The van der Waals surface area contributed by atoms with Crippen LogP contribution in [0.2, 0.25) is 0 Å². The van der Waals surface area contributed by atoms with Gasteiger partial charge in [-0.1, -0.05) is 0 Å². The predicted molar refractivity (Wildman–Crippen MR) is 91.8 cm³/mol. The largest absolute Gasteiger partial charge is 0.364 e. The first-order chi connectivity index (χ1) is 10.5. The molecular weight excluding hydrogens is 296 g/mol. The fraction of sp³-hybridized carbons (Fsp3) is 0.400. The predicted octanol–water partition coefficient (Wildman–Crippen LogP) is 2.72. The summed E-state index contributed by atoms with van der Waals surface area (Å²) in [4.78, 5) is 16.5. The van der Waals surface area contributed by atoms with E-state index in [2.05, 4.69) is 37.1 Å². The van der Waals surface area contributed by atoms with Crippen molar-refractivity contribution >= 4 is 33.3 Å². The first-order valence-corrected chi connectivity index (χ1v) is 7.99. The highest BCUT2D eigenvalue weighted by Gasteiger charge is 2.12. The lowest BCUT2D eigenvalue weighted by Gasteiger charge is -2.13. The van der Waals surface area contributed by atoms with Gasteiger partial charge in [0.05, 0.1) is 23.8 Å². The van der Waals surface area contributed by atoms with Crippen LogP contribution in [0.25, 0.3) is 10.2 Å². The van der Waals surface area contributed by atoms with Gasteiger partial charge in [0.25, 0.3) is 0 Å². The van der Waals surface area contributed by atoms with Crippen molar-refractivity contribution in [3.8, 4) is 0 Å². The Kier molecular flexibility index (Phi) is 3.74. The molecule has 0 aliphatic heterocycles. The third kappa shape index (κ3) is 2.52. The fourth-order valence-corrected chi connectivity index (χ4v) is 3.47. The van der Waals surface area contributed by atoms with E-state index < -0.39 is 0 Å². The number of thiophene rings is 1. The molecule has 22 heavy (non-hydrogen) atoms. The summed E-state index contributed by atoms with van der Waals surface area (Å²) in [5.41, 5.74) is 2.32. The third-order valence-corrected chi connectivity index (χ3v) is 4.62. The van der Waals surface area contributed by atoms with E-state index in [0.717, 1.165) is 33.5 Å². The SMILES string of the molecule is Cc1nc(NCc2cnc(N(C)C)n2C)c2c(C)csc2n1. The summed E-state index contributed by atoms with van der Waals surface area (Å²) in [6.07, 6.45) is 1.90. The van der Waals surface area contributed by atoms with E-state index in [-0.39, 0.29) is 0 Å². The Balaban J connectivity index is 1.90. The maximum atomic E-state index is 4.57. The van der Waals surface area contributed by atoms with Gasteiger partial charge in [0.2, 0.25) is 5.95 Å². The van der Waals surface area contributed by atoms with Crippen molar-refractivity contribution in [1.29, 1.82) is 0 Å². The van der Waals surface area contributed by atoms with Crippen LogP contribution in [0.4, 0.5) is 11.8 Å². The zero-order chi connectivity index (χ0) is 15.9. The van der Waals surface area contributed by atoms with Gasteiger partial charge in [-0.2, -0.15) is 0 Å². The summed E-state index contributed by atoms with van der Waals surface area (Å²) in [6.45, 7) is 4.70. The van der Waals surface area contributed by atoms with Gasteiger partial charge in [0.15, 0.2) is 0 Å². The first-order valence-electron chi connectivity index (χ1n) is 7.11. The summed E-state index contributed by atoms with van der Waals surface area (Å²) >= 11 is 1.66. The molecule has 0 atom stereocenters. The number of fused-ring (bicyclic) bond motifs is 1. The van der Waals surface area contributed by atoms with Crippen molar-refractivity contribution in [2.45, 2.75) is 20.4 Å². The highest BCUT2D eigenvalue weighted by Crippen LogP contribution is 2.29. The number of aromatic nitrogens is 4. The normalized spacial score (nSPS) is 11.1. The minimum Gasteiger partial charge on any atom is -0.364 e. The molecule has 0 aromatic carbocycles. The quantitative estimate of drug-likeness (QED) is 0.802. The molecule has 0 radical (unpaired) electrons. The number of hydrogen-bond acceptors (Lipinski definition) is 6. The molecule has 1 N–H and O–H groups in total. The standard InChI is InChI=1S/C15H20N6S/c1-9-8-22-14-12(9)13(18-10(2)19-14)16-6-11-7-17-15(20(3)4)21(11)5/h7-8H,6H2,1-5H3,(H,16,18,19). The zero-order valence-corrected chi connectivity index (χ0v) is 14.3. The molecule has 0 saturated carbocycles. The minimum absolute atomic E-state index is 0.679. The second-order valence-electron chi connectivity index (χ2n) is 5.57. The minimum atomic E-state index is 0.679. The van der Waals surface area contributed by atoms with E-state index >= 15 is 0 Å². The van der Waals surface area contributed by atoms with Gasteiger partial charge in [0.1, 0.15) is 16.5 Å². The molecule has 3 heterocycles. The topological polar surface area (TPSA) is 58.9 Å². The molecule has 0 saturated heterocycles. The third-order valence-electron chi connectivity index (χ3n) is 3.63. The van der Waals surface area contributed by atoms with Gasteiger partial charge >= 0.3 is 0 Å². The molecule has 3 rings (SSSR count). The number of imidazole rings is 1. The summed E-state index contributed by atoms with van der Waals surface area (Å²) < 4.78 is 2.08. The number of nitrogens with one attached hydrogen (secondary N) is 1. The molecule has 0 spiro atoms. The summed E-state index contributed by atoms with van der Waals surface area (Å²) in [5.74, 6) is 2.62. The number of hydrogen-bond donors (Lipinski definition) is 1. The molecule has 0 bridgehead atoms. The van der Waals surface area contributed by atoms with Crippen LogP contribution < -0.4 is 10.2 Å². The molecule has 6 nitrogen and oxygen atoms in total. The molecule has 0 aliphatic carbocycles. The fourth-order valence-electron chi connectivity index (χ4n) is 2.51. The van der Waals surface area contributed by atoms with E-state index in [0.29, 0.717) is 6.54 Å². The van der Waals surface area contributed by atoms with Crippen molar-refractivity contribution in [2.24, 2.45) is 7.05 Å². The van der Waals surface area contributed by atoms with Gasteiger partial charge in [-0.15, -0.1) is 11.3 Å². The van der Waals surface area contributed by atoms with Crippen LogP contribution in [0, 0.1) is 13.8 Å². The van der Waals surface area contributed by atoms with Gasteiger partial charge in [-0.25, -0.2) is 15.0 Å². The Morgan fingerprint density at radius 1 is 1.27 bits per heavy atom. The summed E-state index contributed by atoms with van der Waals surface area (Å²) in [5, 5.41) is 6.68. The van der Waals surface area contributed by atoms with Crippen molar-refractivity contribution in [1.82, 2.24) is 19.5 Å². The average molecular weight is 316 g/mol. The molecule has 3 aromatic heterocycles. The average Bonchev–Trinajstić information content (AvgIpc) is 3.00. The Morgan fingerprint density at radius 3 is 2.73 bits per heavy atom. The van der Waals surface area contributed by atoms with Crippen molar-refractivity contribution in [3.63, 3.8) is 0 Å². The monoisotopic (exact) mass is 316 g/mol. The molecule has 7 heteroatoms. The van der Waals surface area contributed by atoms with Crippen LogP contribution in [0.15, 0.2) is 11.6 Å². The van der Waals surface area contributed by atoms with Crippen LogP contribution in [0.3, 0.4) is 0 Å². The number of aryl methyl sites for hydroxylation is 2. The van der Waals surface area contributed by atoms with Crippen LogP contribution in [-0.2, 0) is 13.6 Å². The molecule has 116 valence electrons. The first kappa shape index (κ1) is 14.8. The van der Waals surface area contributed by atoms with Crippen LogP contribution in [0.1, 0.15) is 17.1 Å². The molecule has 3 aromatic rings. The molecular formula is C15H20N6S. The lowest BCUT2D eigenvalue weighted by atomic mass is 10.2. The Hall–Kier alpha value is -2.15. The highest BCUT2D eigenvalue weighted by atomic mass is 32.1. The van der Waals surface area contributed by atoms with Crippen LogP contribution in [0.5, 0.6) is 0 Å². The van der Waals surface area contributed by atoms with E-state index in [1.807, 2.05) is 39.2 Å². The Bertz CT molecular complexity index is 817. The van der Waals surface area contributed by atoms with Crippen molar-refractivity contribution < 1.29 is 0 Å². The highest BCUT2D eigenvalue weighted by molar-refractivity contribution is 7.17. The van der Waals surface area contributed by atoms with Gasteiger partial charge < -0.3 is 14.8 Å². The lowest BCUT2D eigenvalue weighted by Crippen LogP contribution is -2.15. The van der Waals surface area contributed by atoms with E-state index in [1.165, 1.54) is 5.56 Å². The molecule has 0 amide bonds. The van der Waals surface area contributed by atoms with Crippen molar-refractivity contribution in [3.05, 3.63) is 28.7 Å². The molecule has 0 unspecified atom stereocenters.